The first-order chi connectivity index (χ1) is 25.1. The predicted octanol–water partition coefficient (Wildman–Crippen LogP) is 0.183. The van der Waals surface area contributed by atoms with Crippen molar-refractivity contribution < 1.29 is 126 Å². The Morgan fingerprint density at radius 1 is 0.415 bits per heavy atom. The van der Waals surface area contributed by atoms with Crippen molar-refractivity contribution in [1.82, 2.24) is 0 Å². The van der Waals surface area contributed by atoms with Crippen molar-refractivity contribution in [3.63, 3.8) is 0 Å². The molecule has 0 saturated heterocycles. The van der Waals surface area contributed by atoms with Gasteiger partial charge >= 0.3 is 51.4 Å². The van der Waals surface area contributed by atoms with Crippen LogP contribution in [-0.4, -0.2) is 156 Å². The van der Waals surface area contributed by atoms with Gasteiger partial charge in [-0.05, 0) is 48.6 Å². The SMILES string of the molecule is O=S(=O)(O)CCCCOCCOCCOCCOCCOc1cc2ccccc2cc1OCCOCCOCCOCCOCCCCS(=O)(=O)O.[H-].[K+]. The summed E-state index contributed by atoms with van der Waals surface area (Å²) in [6.45, 7) is 7.17. The summed E-state index contributed by atoms with van der Waals surface area (Å²) in [4.78, 5) is 0. The minimum Gasteiger partial charge on any atom is -1.00 e. The molecular weight excluding hydrogens is 768 g/mol. The average molecular weight is 825 g/mol. The van der Waals surface area contributed by atoms with E-state index in [1.807, 2.05) is 36.4 Å². The first-order valence-corrected chi connectivity index (χ1v) is 20.7. The van der Waals surface area contributed by atoms with Crippen LogP contribution in [0.3, 0.4) is 0 Å². The number of benzene rings is 2. The van der Waals surface area contributed by atoms with Crippen molar-refractivity contribution in [2.75, 3.05) is 130 Å². The Kier molecular flexibility index (Phi) is 31.0. The summed E-state index contributed by atoms with van der Waals surface area (Å²) in [5.74, 6) is 0.717. The van der Waals surface area contributed by atoms with Crippen LogP contribution in [0.4, 0.5) is 0 Å². The van der Waals surface area contributed by atoms with E-state index in [9.17, 15) is 16.8 Å². The van der Waals surface area contributed by atoms with Crippen molar-refractivity contribution in [3.8, 4) is 11.5 Å². The van der Waals surface area contributed by atoms with Gasteiger partial charge in [0.15, 0.2) is 11.5 Å². The number of ether oxygens (including phenoxy) is 10. The third-order valence-corrected chi connectivity index (χ3v) is 8.51. The molecule has 53 heavy (non-hydrogen) atoms. The van der Waals surface area contributed by atoms with Crippen molar-refractivity contribution in [2.45, 2.75) is 25.7 Å². The molecule has 0 fully saturated rings. The molecule has 2 aromatic rings. The van der Waals surface area contributed by atoms with E-state index in [-0.39, 0.29) is 64.3 Å². The molecule has 0 aliphatic rings. The normalized spacial score (nSPS) is 11.9. The summed E-state index contributed by atoms with van der Waals surface area (Å²) < 4.78 is 116. The largest absolute Gasteiger partial charge is 1.00 e. The minimum absolute atomic E-state index is 0. The van der Waals surface area contributed by atoms with Gasteiger partial charge in [0.2, 0.25) is 0 Å². The molecule has 2 aromatic carbocycles. The average Bonchev–Trinajstić information content (AvgIpc) is 3.10. The summed E-state index contributed by atoms with van der Waals surface area (Å²) in [6.07, 6.45) is 1.81. The third kappa shape index (κ3) is 30.3. The van der Waals surface area contributed by atoms with Crippen LogP contribution in [0.5, 0.6) is 11.5 Å². The maximum absolute atomic E-state index is 10.6. The van der Waals surface area contributed by atoms with E-state index in [1.54, 1.807) is 0 Å². The van der Waals surface area contributed by atoms with Gasteiger partial charge in [0.1, 0.15) is 13.2 Å². The maximum atomic E-state index is 10.6. The molecule has 302 valence electrons. The van der Waals surface area contributed by atoms with Crippen LogP contribution in [0.2, 0.25) is 0 Å². The molecule has 19 heteroatoms. The smallest absolute Gasteiger partial charge is 1.00 e. The molecule has 0 heterocycles. The van der Waals surface area contributed by atoms with Crippen molar-refractivity contribution in [2.24, 2.45) is 0 Å². The van der Waals surface area contributed by atoms with Crippen molar-refractivity contribution in [3.05, 3.63) is 36.4 Å². The summed E-state index contributed by atoms with van der Waals surface area (Å²) >= 11 is 0. The van der Waals surface area contributed by atoms with Gasteiger partial charge in [0.05, 0.1) is 104 Å². The quantitative estimate of drug-likeness (QED) is 0.0535. The molecule has 0 spiro atoms. The van der Waals surface area contributed by atoms with Gasteiger partial charge in [-0.25, -0.2) is 0 Å². The molecule has 0 saturated carbocycles. The Bertz CT molecular complexity index is 1300. The first kappa shape index (κ1) is 50.5. The maximum Gasteiger partial charge on any atom is 1.00 e. The molecular formula is C34H57KO16S2. The van der Waals surface area contributed by atoms with E-state index in [0.717, 1.165) is 10.8 Å². The van der Waals surface area contributed by atoms with Gasteiger partial charge in [-0.15, -0.1) is 0 Å². The monoisotopic (exact) mass is 824 g/mol. The molecule has 0 amide bonds. The predicted molar refractivity (Wildman–Crippen MR) is 194 cm³/mol. The van der Waals surface area contributed by atoms with Crippen LogP contribution in [0, 0.1) is 0 Å². The van der Waals surface area contributed by atoms with Crippen molar-refractivity contribution >= 4 is 31.0 Å². The minimum atomic E-state index is -3.91. The number of rotatable bonds is 36. The zero-order valence-corrected chi connectivity index (χ0v) is 35.6. The molecule has 0 bridgehead atoms. The van der Waals surface area contributed by atoms with Crippen molar-refractivity contribution in [1.29, 1.82) is 0 Å². The summed E-state index contributed by atoms with van der Waals surface area (Å²) in [6, 6.07) is 11.8. The van der Waals surface area contributed by atoms with Gasteiger partial charge in [0, 0.05) is 13.2 Å². The van der Waals surface area contributed by atoms with Crippen LogP contribution in [0.25, 0.3) is 10.8 Å². The zero-order chi connectivity index (χ0) is 37.6. The Morgan fingerprint density at radius 3 is 0.962 bits per heavy atom. The number of unbranched alkanes of at least 4 members (excludes halogenated alkanes) is 2. The second kappa shape index (κ2) is 32.5. The molecule has 0 unspecified atom stereocenters. The molecule has 16 nitrogen and oxygen atoms in total. The van der Waals surface area contributed by atoms with E-state index in [2.05, 4.69) is 0 Å². The van der Waals surface area contributed by atoms with Crippen LogP contribution in [0.15, 0.2) is 36.4 Å². The molecule has 0 aromatic heterocycles. The van der Waals surface area contributed by atoms with Gasteiger partial charge in [-0.1, -0.05) is 24.3 Å². The standard InChI is InChI=1S/C34H56O16S2.K.H/c35-51(36,37)27-5-3-9-41-11-13-43-15-17-45-19-21-47-23-25-49-33-29-31-7-1-2-8-32(31)30-34(33)50-26-24-48-22-20-46-18-16-44-14-12-42-10-4-6-28-52(38,39)40;;/h1-2,7-8,29-30H,3-6,9-28H2,(H,35,36,37)(H,38,39,40);;/q;+1;-1. The van der Waals surface area contributed by atoms with E-state index in [4.69, 9.17) is 56.5 Å². The Hall–Kier alpha value is -0.564. The molecule has 0 aliphatic heterocycles. The third-order valence-electron chi connectivity index (χ3n) is 6.90. The van der Waals surface area contributed by atoms with E-state index < -0.39 is 20.2 Å². The Balaban J connectivity index is 0.0000140. The topological polar surface area (TPSA) is 201 Å². The molecule has 2 rings (SSSR count). The fourth-order valence-corrected chi connectivity index (χ4v) is 5.48. The first-order valence-electron chi connectivity index (χ1n) is 17.4. The van der Waals surface area contributed by atoms with E-state index in [1.165, 1.54) is 0 Å². The van der Waals surface area contributed by atoms with Gasteiger partial charge in [-0.2, -0.15) is 16.8 Å². The van der Waals surface area contributed by atoms with E-state index >= 15 is 0 Å². The van der Waals surface area contributed by atoms with Gasteiger partial charge in [-0.3, -0.25) is 9.11 Å². The number of hydrogen-bond acceptors (Lipinski definition) is 14. The van der Waals surface area contributed by atoms with Crippen LogP contribution in [-0.2, 0) is 58.1 Å². The Morgan fingerprint density at radius 2 is 0.679 bits per heavy atom. The van der Waals surface area contributed by atoms with Gasteiger partial charge < -0.3 is 48.8 Å². The second-order valence-corrected chi connectivity index (χ2v) is 14.4. The fraction of sp³-hybridized carbons (Fsp3) is 0.706. The van der Waals surface area contributed by atoms with Crippen LogP contribution in [0.1, 0.15) is 27.1 Å². The molecule has 2 N–H and O–H groups in total. The summed E-state index contributed by atoms with van der Waals surface area (Å²) in [7, 11) is -7.82. The zero-order valence-electron chi connectivity index (χ0n) is 31.9. The number of fused-ring (bicyclic) bond motifs is 1. The summed E-state index contributed by atoms with van der Waals surface area (Å²) in [5, 5.41) is 2.06. The molecule has 0 atom stereocenters. The van der Waals surface area contributed by atoms with Gasteiger partial charge in [0.25, 0.3) is 20.2 Å². The fourth-order valence-electron chi connectivity index (χ4n) is 4.35. The van der Waals surface area contributed by atoms with E-state index in [0.29, 0.717) is 156 Å². The Labute approximate surface area is 358 Å². The number of hydrogen-bond donors (Lipinski definition) is 2. The second-order valence-electron chi connectivity index (χ2n) is 11.2. The van der Waals surface area contributed by atoms with Crippen LogP contribution >= 0.6 is 0 Å². The van der Waals surface area contributed by atoms with Crippen LogP contribution < -0.4 is 60.9 Å². The molecule has 0 radical (unpaired) electrons. The summed E-state index contributed by atoms with van der Waals surface area (Å²) in [5.41, 5.74) is 0. The molecule has 0 aliphatic carbocycles.